The number of carbonyl (C=O) groups is 1. The molecule has 1 amide bonds. The summed E-state index contributed by atoms with van der Waals surface area (Å²) in [6.45, 7) is -2.82. The van der Waals surface area contributed by atoms with Gasteiger partial charge in [0.2, 0.25) is 0 Å². The Kier molecular flexibility index (Phi) is 4.43. The first-order valence-corrected chi connectivity index (χ1v) is 3.07. The molecule has 0 saturated carbocycles. The number of carbonyl (C=O) groups excluding carboxylic acids is 1. The van der Waals surface area contributed by atoms with Crippen LogP contribution in [0.15, 0.2) is 0 Å². The maximum absolute atomic E-state index is 11.4. The van der Waals surface area contributed by atoms with Gasteiger partial charge in [-0.25, -0.2) is 13.6 Å². The summed E-state index contributed by atoms with van der Waals surface area (Å²) in [5.41, 5.74) is 0. The number of rotatable bonds is 3. The number of alkyl halides is 5. The molecule has 3 nitrogen and oxygen atoms in total. The molecule has 0 heterocycles. The molecule has 0 fully saturated rings. The first kappa shape index (κ1) is 11.9. The van der Waals surface area contributed by atoms with Gasteiger partial charge in [-0.15, -0.1) is 0 Å². The van der Waals surface area contributed by atoms with Gasteiger partial charge in [-0.05, 0) is 0 Å². The minimum absolute atomic E-state index is 1.03. The molecule has 0 aromatic heterocycles. The normalized spacial score (nSPS) is 11.5. The molecule has 8 heteroatoms. The Morgan fingerprint density at radius 3 is 2.31 bits per heavy atom. The van der Waals surface area contributed by atoms with Crippen LogP contribution in [-0.2, 0) is 4.74 Å². The summed E-state index contributed by atoms with van der Waals surface area (Å²) in [7, 11) is 0. The first-order valence-electron chi connectivity index (χ1n) is 3.07. The fraction of sp³-hybridized carbons (Fsp3) is 0.800. The van der Waals surface area contributed by atoms with Gasteiger partial charge < -0.3 is 10.1 Å². The second-order valence-corrected chi connectivity index (χ2v) is 1.96. The van der Waals surface area contributed by atoms with Gasteiger partial charge in [-0.1, -0.05) is 0 Å². The molecular weight excluding hydrogens is 201 g/mol. The fourth-order valence-electron chi connectivity index (χ4n) is 0.359. The van der Waals surface area contributed by atoms with Gasteiger partial charge in [0.25, 0.3) is 6.43 Å². The molecule has 0 aliphatic rings. The Morgan fingerprint density at radius 1 is 1.38 bits per heavy atom. The molecule has 0 aromatic carbocycles. The van der Waals surface area contributed by atoms with Crippen LogP contribution in [0.1, 0.15) is 0 Å². The highest BCUT2D eigenvalue weighted by molar-refractivity contribution is 5.67. The molecule has 0 bridgehead atoms. The molecule has 0 rings (SSSR count). The highest BCUT2D eigenvalue weighted by Gasteiger charge is 2.29. The van der Waals surface area contributed by atoms with Crippen molar-refractivity contribution in [2.24, 2.45) is 0 Å². The van der Waals surface area contributed by atoms with Crippen LogP contribution in [0.5, 0.6) is 0 Å². The summed E-state index contributed by atoms with van der Waals surface area (Å²) in [5, 5.41) is 1.44. The molecule has 0 saturated heterocycles. The van der Waals surface area contributed by atoms with Gasteiger partial charge in [0.1, 0.15) is 0 Å². The quantitative estimate of drug-likeness (QED) is 0.713. The zero-order valence-corrected chi connectivity index (χ0v) is 6.20. The zero-order valence-electron chi connectivity index (χ0n) is 6.20. The zero-order chi connectivity index (χ0) is 10.5. The number of ether oxygens (including phenoxy) is 1. The Labute approximate surface area is 69.9 Å². The summed E-state index contributed by atoms with van der Waals surface area (Å²) in [4.78, 5) is 10.2. The summed E-state index contributed by atoms with van der Waals surface area (Å²) >= 11 is 0. The van der Waals surface area contributed by atoms with E-state index in [9.17, 15) is 26.7 Å². The lowest BCUT2D eigenvalue weighted by Gasteiger charge is -2.08. The van der Waals surface area contributed by atoms with Gasteiger partial charge in [-0.2, -0.15) is 13.2 Å². The lowest BCUT2D eigenvalue weighted by Crippen LogP contribution is -2.32. The predicted molar refractivity (Wildman–Crippen MR) is 31.4 cm³/mol. The van der Waals surface area contributed by atoms with E-state index in [1.165, 1.54) is 5.32 Å². The first-order chi connectivity index (χ1) is 5.81. The average Bonchev–Trinajstić information content (AvgIpc) is 1.95. The van der Waals surface area contributed by atoms with E-state index in [1.807, 2.05) is 0 Å². The van der Waals surface area contributed by atoms with Crippen LogP contribution < -0.4 is 5.32 Å². The van der Waals surface area contributed by atoms with Gasteiger partial charge in [0.05, 0.1) is 6.54 Å². The topological polar surface area (TPSA) is 38.3 Å². The van der Waals surface area contributed by atoms with Crippen molar-refractivity contribution in [2.75, 3.05) is 13.2 Å². The second-order valence-electron chi connectivity index (χ2n) is 1.96. The Balaban J connectivity index is 3.53. The average molecular weight is 207 g/mol. The van der Waals surface area contributed by atoms with E-state index < -0.39 is 31.8 Å². The van der Waals surface area contributed by atoms with Crippen molar-refractivity contribution in [2.45, 2.75) is 12.6 Å². The molecule has 0 aliphatic heterocycles. The third-order valence-electron chi connectivity index (χ3n) is 0.768. The van der Waals surface area contributed by atoms with Crippen LogP contribution in [0.25, 0.3) is 0 Å². The Hall–Kier alpha value is -1.08. The number of halogens is 5. The molecule has 0 radical (unpaired) electrons. The van der Waals surface area contributed by atoms with E-state index in [0.29, 0.717) is 0 Å². The van der Waals surface area contributed by atoms with Gasteiger partial charge in [0, 0.05) is 0 Å². The molecule has 1 N–H and O–H groups in total. The number of alkyl carbamates (subject to hydrolysis) is 1. The summed E-state index contributed by atoms with van der Waals surface area (Å²) in [6.07, 6.45) is -8.99. The largest absolute Gasteiger partial charge is 0.440 e. The van der Waals surface area contributed by atoms with Crippen LogP contribution in [-0.4, -0.2) is 31.8 Å². The Bertz CT molecular complexity index is 169. The van der Waals surface area contributed by atoms with Crippen molar-refractivity contribution in [3.05, 3.63) is 0 Å². The van der Waals surface area contributed by atoms with Crippen LogP contribution in [0, 0.1) is 0 Å². The van der Waals surface area contributed by atoms with Crippen molar-refractivity contribution < 1.29 is 31.5 Å². The van der Waals surface area contributed by atoms with Crippen molar-refractivity contribution in [3.8, 4) is 0 Å². The molecule has 0 unspecified atom stereocenters. The number of nitrogens with one attached hydrogen (secondary N) is 1. The van der Waals surface area contributed by atoms with Crippen molar-refractivity contribution >= 4 is 6.09 Å². The monoisotopic (exact) mass is 207 g/mol. The van der Waals surface area contributed by atoms with Gasteiger partial charge in [-0.3, -0.25) is 0 Å². The van der Waals surface area contributed by atoms with Gasteiger partial charge in [0.15, 0.2) is 6.61 Å². The minimum Gasteiger partial charge on any atom is -0.440 e. The number of amides is 1. The lowest BCUT2D eigenvalue weighted by atomic mass is 10.7. The van der Waals surface area contributed by atoms with Crippen LogP contribution >= 0.6 is 0 Å². The molecule has 0 aliphatic carbocycles. The fourth-order valence-corrected chi connectivity index (χ4v) is 0.359. The molecule has 0 atom stereocenters. The van der Waals surface area contributed by atoms with E-state index in [2.05, 4.69) is 4.74 Å². The van der Waals surface area contributed by atoms with Crippen molar-refractivity contribution in [1.29, 1.82) is 0 Å². The Morgan fingerprint density at radius 2 is 1.92 bits per heavy atom. The summed E-state index contributed by atoms with van der Waals surface area (Å²) in [5.74, 6) is 0. The van der Waals surface area contributed by atoms with E-state index >= 15 is 0 Å². The maximum Gasteiger partial charge on any atom is 0.422 e. The molecule has 13 heavy (non-hydrogen) atoms. The smallest absolute Gasteiger partial charge is 0.422 e. The van der Waals surface area contributed by atoms with Crippen molar-refractivity contribution in [1.82, 2.24) is 5.32 Å². The van der Waals surface area contributed by atoms with Crippen molar-refractivity contribution in [3.63, 3.8) is 0 Å². The van der Waals surface area contributed by atoms with E-state index in [4.69, 9.17) is 0 Å². The van der Waals surface area contributed by atoms with Crippen LogP contribution in [0.3, 0.4) is 0 Å². The molecule has 0 aromatic rings. The molecular formula is C5H6F5NO2. The highest BCUT2D eigenvalue weighted by atomic mass is 19.4. The highest BCUT2D eigenvalue weighted by Crippen LogP contribution is 2.14. The summed E-state index contributed by atoms with van der Waals surface area (Å²) < 4.78 is 60.4. The molecule has 78 valence electrons. The second kappa shape index (κ2) is 4.83. The SMILES string of the molecule is O=C(NCC(F)F)OCC(F)(F)F. The third kappa shape index (κ3) is 8.83. The standard InChI is InChI=1S/C5H6F5NO2/c6-3(7)1-11-4(12)13-2-5(8,9)10/h3H,1-2H2,(H,11,12). The maximum atomic E-state index is 11.4. The van der Waals surface area contributed by atoms with Crippen LogP contribution in [0.2, 0.25) is 0 Å². The number of hydrogen-bond donors (Lipinski definition) is 1. The minimum atomic E-state index is -4.65. The molecule has 0 spiro atoms. The van der Waals surface area contributed by atoms with Gasteiger partial charge >= 0.3 is 12.3 Å². The van der Waals surface area contributed by atoms with E-state index in [-0.39, 0.29) is 0 Å². The lowest BCUT2D eigenvalue weighted by molar-refractivity contribution is -0.160. The van der Waals surface area contributed by atoms with E-state index in [1.54, 1.807) is 0 Å². The van der Waals surface area contributed by atoms with Crippen LogP contribution in [0.4, 0.5) is 26.7 Å². The third-order valence-corrected chi connectivity index (χ3v) is 0.768. The number of hydrogen-bond acceptors (Lipinski definition) is 2. The summed E-state index contributed by atoms with van der Waals surface area (Å²) in [6, 6.07) is 0. The van der Waals surface area contributed by atoms with E-state index in [0.717, 1.165) is 0 Å². The predicted octanol–water partition coefficient (Wildman–Crippen LogP) is 1.54.